The van der Waals surface area contributed by atoms with Crippen LogP contribution in [0.15, 0.2) is 18.2 Å². The normalized spacial score (nSPS) is 18.3. The molecule has 0 saturated heterocycles. The summed E-state index contributed by atoms with van der Waals surface area (Å²) in [4.78, 5) is 0. The largest absolute Gasteiger partial charge is 0.313 e. The van der Waals surface area contributed by atoms with Crippen LogP contribution >= 0.6 is 0 Å². The summed E-state index contributed by atoms with van der Waals surface area (Å²) < 4.78 is 13.4. The Balaban J connectivity index is 2.07. The Morgan fingerprint density at radius 2 is 2.11 bits per heavy atom. The van der Waals surface area contributed by atoms with Gasteiger partial charge in [0.25, 0.3) is 0 Å². The van der Waals surface area contributed by atoms with E-state index in [1.165, 1.54) is 18.4 Å². The van der Waals surface area contributed by atoms with Crippen molar-refractivity contribution in [1.82, 2.24) is 5.32 Å². The molecule has 0 heterocycles. The van der Waals surface area contributed by atoms with Gasteiger partial charge in [-0.25, -0.2) is 4.39 Å². The predicted molar refractivity (Wildman–Crippen MR) is 78.8 cm³/mol. The molecule has 19 heavy (non-hydrogen) atoms. The number of hydrogen-bond donors (Lipinski definition) is 1. The summed E-state index contributed by atoms with van der Waals surface area (Å²) in [7, 11) is 0. The molecular formula is C17H26FN. The van der Waals surface area contributed by atoms with Gasteiger partial charge in [0.05, 0.1) is 0 Å². The van der Waals surface area contributed by atoms with Gasteiger partial charge >= 0.3 is 0 Å². The van der Waals surface area contributed by atoms with Gasteiger partial charge in [0, 0.05) is 6.04 Å². The van der Waals surface area contributed by atoms with Crippen molar-refractivity contribution in [2.75, 3.05) is 6.54 Å². The summed E-state index contributed by atoms with van der Waals surface area (Å²) in [5.41, 5.74) is 2.36. The molecule has 2 heteroatoms. The van der Waals surface area contributed by atoms with Crippen molar-refractivity contribution in [3.8, 4) is 0 Å². The molecule has 0 amide bonds. The molecule has 1 aliphatic rings. The number of hydrogen-bond acceptors (Lipinski definition) is 1. The lowest BCUT2D eigenvalue weighted by Gasteiger charge is -2.26. The molecule has 1 aromatic carbocycles. The van der Waals surface area contributed by atoms with Crippen LogP contribution in [0.4, 0.5) is 4.39 Å². The Hall–Kier alpha value is -0.890. The summed E-state index contributed by atoms with van der Waals surface area (Å²) in [6.45, 7) is 7.67. The van der Waals surface area contributed by atoms with Crippen molar-refractivity contribution in [2.45, 2.75) is 52.5 Å². The summed E-state index contributed by atoms with van der Waals surface area (Å²) in [5, 5.41) is 3.66. The highest BCUT2D eigenvalue weighted by molar-refractivity contribution is 5.27. The Labute approximate surface area is 116 Å². The molecule has 2 unspecified atom stereocenters. The second-order valence-electron chi connectivity index (χ2n) is 6.03. The monoisotopic (exact) mass is 263 g/mol. The van der Waals surface area contributed by atoms with E-state index >= 15 is 0 Å². The Morgan fingerprint density at radius 1 is 1.37 bits per heavy atom. The zero-order chi connectivity index (χ0) is 13.8. The van der Waals surface area contributed by atoms with Crippen molar-refractivity contribution >= 4 is 0 Å². The molecule has 0 radical (unpaired) electrons. The highest BCUT2D eigenvalue weighted by Crippen LogP contribution is 2.39. The van der Waals surface area contributed by atoms with E-state index in [2.05, 4.69) is 26.1 Å². The summed E-state index contributed by atoms with van der Waals surface area (Å²) in [6, 6.07) is 5.63. The van der Waals surface area contributed by atoms with E-state index in [0.717, 1.165) is 30.9 Å². The third-order valence-electron chi connectivity index (χ3n) is 4.41. The Kier molecular flexibility index (Phi) is 4.98. The predicted octanol–water partition coefficient (Wildman–Crippen LogP) is 4.09. The highest BCUT2D eigenvalue weighted by Gasteiger charge is 2.33. The van der Waals surface area contributed by atoms with Gasteiger partial charge < -0.3 is 5.32 Å². The van der Waals surface area contributed by atoms with Crippen LogP contribution in [0.3, 0.4) is 0 Å². The third kappa shape index (κ3) is 4.04. The lowest BCUT2D eigenvalue weighted by Crippen LogP contribution is -2.38. The maximum Gasteiger partial charge on any atom is 0.123 e. The first kappa shape index (κ1) is 14.5. The molecule has 1 aliphatic carbocycles. The number of aryl methyl sites for hydroxylation is 1. The molecule has 1 N–H and O–H groups in total. The number of benzene rings is 1. The SMILES string of the molecule is CCCNC(Cc1cc(F)ccc1C)C(C)C1CC1. The highest BCUT2D eigenvalue weighted by atomic mass is 19.1. The molecule has 106 valence electrons. The second-order valence-corrected chi connectivity index (χ2v) is 6.03. The third-order valence-corrected chi connectivity index (χ3v) is 4.41. The van der Waals surface area contributed by atoms with Crippen LogP contribution in [0, 0.1) is 24.6 Å². The molecule has 1 fully saturated rings. The molecule has 2 atom stereocenters. The van der Waals surface area contributed by atoms with E-state index in [4.69, 9.17) is 0 Å². The van der Waals surface area contributed by atoms with Crippen molar-refractivity contribution in [3.63, 3.8) is 0 Å². The van der Waals surface area contributed by atoms with E-state index < -0.39 is 0 Å². The minimum Gasteiger partial charge on any atom is -0.313 e. The van der Waals surface area contributed by atoms with Gasteiger partial charge in [0.1, 0.15) is 5.82 Å². The van der Waals surface area contributed by atoms with Crippen LogP contribution in [0.5, 0.6) is 0 Å². The minimum atomic E-state index is -0.117. The summed E-state index contributed by atoms with van der Waals surface area (Å²) >= 11 is 0. The van der Waals surface area contributed by atoms with Crippen molar-refractivity contribution in [2.24, 2.45) is 11.8 Å². The van der Waals surface area contributed by atoms with Crippen LogP contribution in [0.2, 0.25) is 0 Å². The van der Waals surface area contributed by atoms with E-state index in [-0.39, 0.29) is 5.82 Å². The Bertz CT molecular complexity index is 412. The topological polar surface area (TPSA) is 12.0 Å². The maximum absolute atomic E-state index is 13.4. The van der Waals surface area contributed by atoms with Crippen molar-refractivity contribution < 1.29 is 4.39 Å². The summed E-state index contributed by atoms with van der Waals surface area (Å²) in [6.07, 6.45) is 4.83. The number of nitrogens with one attached hydrogen (secondary N) is 1. The van der Waals surface area contributed by atoms with Crippen LogP contribution in [-0.2, 0) is 6.42 Å². The van der Waals surface area contributed by atoms with Crippen molar-refractivity contribution in [1.29, 1.82) is 0 Å². The lowest BCUT2D eigenvalue weighted by atomic mass is 9.89. The molecule has 0 aromatic heterocycles. The quantitative estimate of drug-likeness (QED) is 0.781. The first-order chi connectivity index (χ1) is 9.11. The number of halogens is 1. The van der Waals surface area contributed by atoms with Gasteiger partial charge in [-0.15, -0.1) is 0 Å². The van der Waals surface area contributed by atoms with Crippen LogP contribution < -0.4 is 5.32 Å². The average Bonchev–Trinajstić information content (AvgIpc) is 3.22. The van der Waals surface area contributed by atoms with E-state index in [1.54, 1.807) is 12.1 Å². The van der Waals surface area contributed by atoms with Gasteiger partial charge in [0.2, 0.25) is 0 Å². The average molecular weight is 263 g/mol. The first-order valence-electron chi connectivity index (χ1n) is 7.60. The fourth-order valence-corrected chi connectivity index (χ4v) is 2.82. The van der Waals surface area contributed by atoms with E-state index in [9.17, 15) is 4.39 Å². The zero-order valence-electron chi connectivity index (χ0n) is 12.4. The maximum atomic E-state index is 13.4. The first-order valence-corrected chi connectivity index (χ1v) is 7.60. The molecule has 0 aliphatic heterocycles. The van der Waals surface area contributed by atoms with Gasteiger partial charge in [-0.3, -0.25) is 0 Å². The van der Waals surface area contributed by atoms with E-state index in [1.807, 2.05) is 6.07 Å². The van der Waals surface area contributed by atoms with Crippen LogP contribution in [0.1, 0.15) is 44.2 Å². The van der Waals surface area contributed by atoms with Gasteiger partial charge in [0.15, 0.2) is 0 Å². The minimum absolute atomic E-state index is 0.117. The van der Waals surface area contributed by atoms with Crippen LogP contribution in [-0.4, -0.2) is 12.6 Å². The second kappa shape index (κ2) is 6.51. The number of rotatable bonds is 7. The lowest BCUT2D eigenvalue weighted by molar-refractivity contribution is 0.339. The van der Waals surface area contributed by atoms with E-state index in [0.29, 0.717) is 12.0 Å². The Morgan fingerprint density at radius 3 is 2.74 bits per heavy atom. The summed E-state index contributed by atoms with van der Waals surface area (Å²) in [5.74, 6) is 1.45. The fourth-order valence-electron chi connectivity index (χ4n) is 2.82. The molecule has 1 aromatic rings. The molecule has 0 bridgehead atoms. The van der Waals surface area contributed by atoms with Gasteiger partial charge in [-0.2, -0.15) is 0 Å². The van der Waals surface area contributed by atoms with Crippen molar-refractivity contribution in [3.05, 3.63) is 35.1 Å². The van der Waals surface area contributed by atoms with Crippen LogP contribution in [0.25, 0.3) is 0 Å². The molecule has 1 saturated carbocycles. The standard InChI is InChI=1S/C17H26FN/c1-4-9-19-17(13(3)14-6-7-14)11-15-10-16(18)8-5-12(15)2/h5,8,10,13-14,17,19H,4,6-7,9,11H2,1-3H3. The molecule has 2 rings (SSSR count). The molecule has 1 nitrogen and oxygen atoms in total. The van der Waals surface area contributed by atoms with Gasteiger partial charge in [-0.1, -0.05) is 19.9 Å². The smallest absolute Gasteiger partial charge is 0.123 e. The fraction of sp³-hybridized carbons (Fsp3) is 0.647. The zero-order valence-corrected chi connectivity index (χ0v) is 12.4. The molecular weight excluding hydrogens is 237 g/mol. The molecule has 0 spiro atoms. The van der Waals surface area contributed by atoms with Gasteiger partial charge in [-0.05, 0) is 74.2 Å².